The second-order valence-electron chi connectivity index (χ2n) is 7.41. The number of carbonyl (C=O) groups excluding carboxylic acids is 1. The molecule has 0 aliphatic rings. The number of hydrogen-bond acceptors (Lipinski definition) is 5. The van der Waals surface area contributed by atoms with Crippen molar-refractivity contribution in [2.45, 2.75) is 19.4 Å². The van der Waals surface area contributed by atoms with E-state index in [-0.39, 0.29) is 12.3 Å². The van der Waals surface area contributed by atoms with Crippen molar-refractivity contribution in [1.82, 2.24) is 18.7 Å². The molecule has 0 bridgehead atoms. The molecule has 9 nitrogen and oxygen atoms in total. The number of benzene rings is 2. The SMILES string of the molecule is Cn1c(=O)c2c(ncn2CCCC(=O)Nc2cccc(Oc3ccccc3)c2)n(C)c1=O. The van der Waals surface area contributed by atoms with Gasteiger partial charge in [-0.1, -0.05) is 24.3 Å². The number of anilines is 1. The Morgan fingerprint density at radius 1 is 1.00 bits per heavy atom. The van der Waals surface area contributed by atoms with Crippen LogP contribution in [0.5, 0.6) is 11.5 Å². The summed E-state index contributed by atoms with van der Waals surface area (Å²) >= 11 is 0. The van der Waals surface area contributed by atoms with Crippen LogP contribution >= 0.6 is 0 Å². The molecule has 0 unspecified atom stereocenters. The summed E-state index contributed by atoms with van der Waals surface area (Å²) in [6.07, 6.45) is 2.28. The Bertz CT molecular complexity index is 1390. The van der Waals surface area contributed by atoms with E-state index >= 15 is 0 Å². The quantitative estimate of drug-likeness (QED) is 0.483. The number of hydrogen-bond donors (Lipinski definition) is 1. The Morgan fingerprint density at radius 2 is 1.75 bits per heavy atom. The summed E-state index contributed by atoms with van der Waals surface area (Å²) in [7, 11) is 3.01. The van der Waals surface area contributed by atoms with Crippen LogP contribution in [0.25, 0.3) is 11.2 Å². The van der Waals surface area contributed by atoms with E-state index < -0.39 is 11.2 Å². The van der Waals surface area contributed by atoms with Crippen molar-refractivity contribution in [2.75, 3.05) is 5.32 Å². The summed E-state index contributed by atoms with van der Waals surface area (Å²) in [5, 5.41) is 2.87. The molecule has 4 rings (SSSR count). The minimum Gasteiger partial charge on any atom is -0.457 e. The molecule has 9 heteroatoms. The zero-order chi connectivity index (χ0) is 22.7. The molecule has 0 spiro atoms. The Morgan fingerprint density at radius 3 is 2.53 bits per heavy atom. The van der Waals surface area contributed by atoms with Gasteiger partial charge in [-0.2, -0.15) is 0 Å². The van der Waals surface area contributed by atoms with Gasteiger partial charge in [-0.25, -0.2) is 9.78 Å². The number of amides is 1. The van der Waals surface area contributed by atoms with Crippen LogP contribution in [0, 0.1) is 0 Å². The molecule has 0 saturated carbocycles. The first-order valence-electron chi connectivity index (χ1n) is 10.2. The first-order chi connectivity index (χ1) is 15.4. The van der Waals surface area contributed by atoms with Gasteiger partial charge in [0.25, 0.3) is 5.56 Å². The first-order valence-corrected chi connectivity index (χ1v) is 10.2. The number of imidazole rings is 1. The minimum atomic E-state index is -0.425. The number of para-hydroxylation sites is 1. The molecular weight excluding hydrogens is 410 g/mol. The van der Waals surface area contributed by atoms with Crippen LogP contribution in [0.15, 0.2) is 70.5 Å². The molecule has 0 aliphatic heterocycles. The van der Waals surface area contributed by atoms with Gasteiger partial charge in [0.1, 0.15) is 11.5 Å². The van der Waals surface area contributed by atoms with Crippen LogP contribution < -0.4 is 21.3 Å². The molecule has 2 heterocycles. The average molecular weight is 433 g/mol. The summed E-state index contributed by atoms with van der Waals surface area (Å²) in [5.74, 6) is 1.19. The zero-order valence-electron chi connectivity index (χ0n) is 17.8. The van der Waals surface area contributed by atoms with Crippen LogP contribution in [0.1, 0.15) is 12.8 Å². The van der Waals surface area contributed by atoms with Gasteiger partial charge in [0.15, 0.2) is 11.2 Å². The molecule has 164 valence electrons. The summed E-state index contributed by atoms with van der Waals surface area (Å²) in [4.78, 5) is 41.1. The van der Waals surface area contributed by atoms with E-state index in [1.54, 1.807) is 23.7 Å². The highest BCUT2D eigenvalue weighted by molar-refractivity contribution is 5.90. The van der Waals surface area contributed by atoms with Crippen molar-refractivity contribution in [1.29, 1.82) is 0 Å². The molecule has 0 atom stereocenters. The lowest BCUT2D eigenvalue weighted by Gasteiger charge is -2.09. The van der Waals surface area contributed by atoms with E-state index in [0.717, 1.165) is 4.57 Å². The van der Waals surface area contributed by atoms with Gasteiger partial charge in [0.2, 0.25) is 5.91 Å². The van der Waals surface area contributed by atoms with Gasteiger partial charge >= 0.3 is 5.69 Å². The normalized spacial score (nSPS) is 10.9. The third-order valence-corrected chi connectivity index (χ3v) is 5.12. The van der Waals surface area contributed by atoms with E-state index in [1.165, 1.54) is 17.9 Å². The Balaban J connectivity index is 1.38. The van der Waals surface area contributed by atoms with Crippen LogP contribution in [0.4, 0.5) is 5.69 Å². The smallest absolute Gasteiger partial charge is 0.332 e. The van der Waals surface area contributed by atoms with Crippen molar-refractivity contribution in [3.63, 3.8) is 0 Å². The van der Waals surface area contributed by atoms with Gasteiger partial charge in [-0.15, -0.1) is 0 Å². The van der Waals surface area contributed by atoms with Crippen LogP contribution in [0.2, 0.25) is 0 Å². The number of rotatable bonds is 7. The standard InChI is InChI=1S/C23H23N5O4/c1-26-21-20(22(30)27(2)23(26)31)28(15-24-21)13-7-12-19(29)25-16-8-6-11-18(14-16)32-17-9-4-3-5-10-17/h3-6,8-11,14-15H,7,12-13H2,1-2H3,(H,25,29). The van der Waals surface area contributed by atoms with E-state index in [4.69, 9.17) is 4.74 Å². The second kappa shape index (κ2) is 8.93. The number of aryl methyl sites for hydroxylation is 2. The summed E-state index contributed by atoms with van der Waals surface area (Å²) in [6, 6.07) is 16.6. The van der Waals surface area contributed by atoms with Crippen molar-refractivity contribution in [3.05, 3.63) is 81.8 Å². The summed E-state index contributed by atoms with van der Waals surface area (Å²) in [5.41, 5.74) is 0.491. The Labute approximate surface area is 183 Å². The van der Waals surface area contributed by atoms with E-state index in [2.05, 4.69) is 10.3 Å². The van der Waals surface area contributed by atoms with Crippen molar-refractivity contribution in [3.8, 4) is 11.5 Å². The molecule has 4 aromatic rings. The van der Waals surface area contributed by atoms with Gasteiger partial charge in [-0.05, 0) is 30.7 Å². The van der Waals surface area contributed by atoms with Gasteiger partial charge in [0.05, 0.1) is 6.33 Å². The van der Waals surface area contributed by atoms with Crippen molar-refractivity contribution >= 4 is 22.8 Å². The maximum Gasteiger partial charge on any atom is 0.332 e. The maximum absolute atomic E-state index is 12.5. The second-order valence-corrected chi connectivity index (χ2v) is 7.41. The number of aromatic nitrogens is 4. The number of fused-ring (bicyclic) bond motifs is 1. The number of ether oxygens (including phenoxy) is 1. The third kappa shape index (κ3) is 4.31. The van der Waals surface area contributed by atoms with E-state index in [1.807, 2.05) is 42.5 Å². The van der Waals surface area contributed by atoms with Crippen LogP contribution in [0.3, 0.4) is 0 Å². The Hall–Kier alpha value is -4.14. The Kier molecular flexibility index (Phi) is 5.89. The van der Waals surface area contributed by atoms with Crippen LogP contribution in [-0.2, 0) is 25.4 Å². The molecule has 0 fully saturated rings. The zero-order valence-corrected chi connectivity index (χ0v) is 17.8. The predicted octanol–water partition coefficient (Wildman–Crippen LogP) is 2.64. The molecule has 1 amide bonds. The highest BCUT2D eigenvalue weighted by Gasteiger charge is 2.14. The third-order valence-electron chi connectivity index (χ3n) is 5.12. The minimum absolute atomic E-state index is 0.147. The molecule has 0 radical (unpaired) electrons. The van der Waals surface area contributed by atoms with E-state index in [0.29, 0.717) is 41.3 Å². The highest BCUT2D eigenvalue weighted by atomic mass is 16.5. The largest absolute Gasteiger partial charge is 0.457 e. The van der Waals surface area contributed by atoms with Crippen molar-refractivity contribution < 1.29 is 9.53 Å². The topological polar surface area (TPSA) is 100 Å². The molecule has 0 saturated heterocycles. The first kappa shape index (κ1) is 21.1. The molecule has 32 heavy (non-hydrogen) atoms. The average Bonchev–Trinajstić information content (AvgIpc) is 3.21. The predicted molar refractivity (Wildman–Crippen MR) is 121 cm³/mol. The van der Waals surface area contributed by atoms with Crippen molar-refractivity contribution in [2.24, 2.45) is 14.1 Å². The lowest BCUT2D eigenvalue weighted by Crippen LogP contribution is -2.37. The van der Waals surface area contributed by atoms with Gasteiger partial charge in [-0.3, -0.25) is 18.7 Å². The number of nitrogens with zero attached hydrogens (tertiary/aromatic N) is 4. The van der Waals surface area contributed by atoms with Gasteiger partial charge < -0.3 is 14.6 Å². The van der Waals surface area contributed by atoms with Gasteiger partial charge in [0, 0.05) is 38.8 Å². The summed E-state index contributed by atoms with van der Waals surface area (Å²) < 4.78 is 9.86. The lowest BCUT2D eigenvalue weighted by atomic mass is 10.2. The molecule has 1 N–H and O–H groups in total. The molecule has 2 aromatic heterocycles. The van der Waals surface area contributed by atoms with E-state index in [9.17, 15) is 14.4 Å². The highest BCUT2D eigenvalue weighted by Crippen LogP contribution is 2.24. The molecule has 0 aliphatic carbocycles. The fourth-order valence-corrected chi connectivity index (χ4v) is 3.46. The van der Waals surface area contributed by atoms with Crippen LogP contribution in [-0.4, -0.2) is 24.6 Å². The number of carbonyl (C=O) groups is 1. The molecule has 2 aromatic carbocycles. The fraction of sp³-hybridized carbons (Fsp3) is 0.217. The fourth-order valence-electron chi connectivity index (χ4n) is 3.46. The monoisotopic (exact) mass is 433 g/mol. The number of nitrogens with one attached hydrogen (secondary N) is 1. The maximum atomic E-state index is 12.5. The lowest BCUT2D eigenvalue weighted by molar-refractivity contribution is -0.116. The molecular formula is C23H23N5O4. The summed E-state index contributed by atoms with van der Waals surface area (Å²) in [6.45, 7) is 0.425.